The molecule has 0 saturated carbocycles. The van der Waals surface area contributed by atoms with E-state index in [1.807, 2.05) is 6.92 Å². The minimum atomic E-state index is -1.13. The van der Waals surface area contributed by atoms with E-state index in [9.17, 15) is 0 Å². The van der Waals surface area contributed by atoms with E-state index in [2.05, 4.69) is 0 Å². The van der Waals surface area contributed by atoms with Gasteiger partial charge in [-0.05, 0) is 18.6 Å². The second-order valence-corrected chi connectivity index (χ2v) is 4.35. The maximum absolute atomic E-state index is 5.44. The van der Waals surface area contributed by atoms with E-state index < -0.39 is 14.8 Å². The zero-order valence-electron chi connectivity index (χ0n) is 5.93. The molecule has 0 aromatic carbocycles. The van der Waals surface area contributed by atoms with Gasteiger partial charge in [0, 0.05) is 13.2 Å². The lowest BCUT2D eigenvalue weighted by molar-refractivity contribution is 0.184. The topological polar surface area (TPSA) is 18.5 Å². The van der Waals surface area contributed by atoms with Crippen molar-refractivity contribution in [3.63, 3.8) is 0 Å². The summed E-state index contributed by atoms with van der Waals surface area (Å²) >= 11 is -1.13. The summed E-state index contributed by atoms with van der Waals surface area (Å²) in [5.41, 5.74) is 0. The highest BCUT2D eigenvalue weighted by atomic mass is 27.2. The molecule has 9 heavy (non-hydrogen) atoms. The highest BCUT2D eigenvalue weighted by Crippen LogP contribution is 2.10. The third kappa shape index (κ3) is 2.68. The van der Waals surface area contributed by atoms with Crippen LogP contribution in [-0.4, -0.2) is 28.0 Å². The predicted molar refractivity (Wildman–Crippen MR) is 37.4 cm³/mol. The molecule has 0 aromatic rings. The van der Waals surface area contributed by atoms with Crippen LogP contribution in [0.4, 0.5) is 0 Å². The van der Waals surface area contributed by atoms with Crippen molar-refractivity contribution in [3.8, 4) is 0 Å². The lowest BCUT2D eigenvalue weighted by Crippen LogP contribution is -2.26. The van der Waals surface area contributed by atoms with Crippen molar-refractivity contribution in [2.45, 2.75) is 25.0 Å². The SMILES string of the molecule is CC[O][Al]1[CH2]CCC[O]1. The van der Waals surface area contributed by atoms with Crippen LogP contribution in [0.5, 0.6) is 0 Å². The first-order chi connectivity index (χ1) is 4.43. The smallest absolute Gasteiger partial charge is 0.479 e. The Balaban J connectivity index is 2.08. The van der Waals surface area contributed by atoms with Crippen LogP contribution in [0.2, 0.25) is 5.28 Å². The third-order valence-electron chi connectivity index (χ3n) is 1.49. The molecule has 1 aliphatic rings. The second kappa shape index (κ2) is 4.30. The van der Waals surface area contributed by atoms with Crippen LogP contribution in [0.15, 0.2) is 0 Å². The monoisotopic (exact) mass is 144 g/mol. The summed E-state index contributed by atoms with van der Waals surface area (Å²) < 4.78 is 10.8. The normalized spacial score (nSPS) is 20.3. The summed E-state index contributed by atoms with van der Waals surface area (Å²) in [5.74, 6) is 0. The van der Waals surface area contributed by atoms with Gasteiger partial charge in [-0.3, -0.25) is 0 Å². The molecule has 3 heteroatoms. The molecule has 0 spiro atoms. The Labute approximate surface area is 61.2 Å². The minimum Gasteiger partial charge on any atom is -0.479 e. The van der Waals surface area contributed by atoms with Gasteiger partial charge in [0.1, 0.15) is 0 Å². The Morgan fingerprint density at radius 3 is 3.00 bits per heavy atom. The first-order valence-corrected chi connectivity index (χ1v) is 5.42. The Morgan fingerprint density at radius 2 is 2.44 bits per heavy atom. The van der Waals surface area contributed by atoms with Gasteiger partial charge in [-0.1, -0.05) is 6.42 Å². The molecule has 1 rings (SSSR count). The molecule has 0 amide bonds. The lowest BCUT2D eigenvalue weighted by Gasteiger charge is -2.16. The van der Waals surface area contributed by atoms with Crippen molar-refractivity contribution in [1.29, 1.82) is 0 Å². The van der Waals surface area contributed by atoms with Gasteiger partial charge in [0.05, 0.1) is 0 Å². The zero-order valence-corrected chi connectivity index (χ0v) is 7.08. The molecule has 0 N–H and O–H groups in total. The van der Waals surface area contributed by atoms with Gasteiger partial charge in [0.25, 0.3) is 0 Å². The molecule has 1 fully saturated rings. The Bertz CT molecular complexity index is 68.7. The van der Waals surface area contributed by atoms with E-state index in [-0.39, 0.29) is 0 Å². The second-order valence-electron chi connectivity index (χ2n) is 2.25. The molecule has 0 atom stereocenters. The van der Waals surface area contributed by atoms with Crippen molar-refractivity contribution in [1.82, 2.24) is 0 Å². The average molecular weight is 144 g/mol. The molecule has 1 saturated heterocycles. The summed E-state index contributed by atoms with van der Waals surface area (Å²) in [6.07, 6.45) is 2.55. The van der Waals surface area contributed by atoms with E-state index >= 15 is 0 Å². The fourth-order valence-corrected chi connectivity index (χ4v) is 2.88. The summed E-state index contributed by atoms with van der Waals surface area (Å²) in [6.45, 7) is 3.80. The Kier molecular flexibility index (Phi) is 3.61. The van der Waals surface area contributed by atoms with Crippen molar-refractivity contribution >= 4 is 14.8 Å². The fraction of sp³-hybridized carbons (Fsp3) is 1.00. The van der Waals surface area contributed by atoms with Gasteiger partial charge in [0.15, 0.2) is 0 Å². The van der Waals surface area contributed by atoms with Gasteiger partial charge < -0.3 is 7.58 Å². The molecular weight excluding hydrogens is 131 g/mol. The van der Waals surface area contributed by atoms with Crippen molar-refractivity contribution in [3.05, 3.63) is 0 Å². The molecule has 1 aliphatic heterocycles. The molecule has 52 valence electrons. The standard InChI is InChI=1S/C4H8O.C2H5O.Al/c1-2-3-4-5;1-2-3;/h1-4H2;2H2,1H3;/q2*-1;+2. The molecule has 2 nitrogen and oxygen atoms in total. The van der Waals surface area contributed by atoms with E-state index in [1.165, 1.54) is 18.1 Å². The van der Waals surface area contributed by atoms with Gasteiger partial charge in [-0.15, -0.1) is 0 Å². The largest absolute Gasteiger partial charge is 0.674 e. The number of rotatable bonds is 2. The molecule has 0 radical (unpaired) electrons. The zero-order chi connectivity index (χ0) is 6.53. The molecule has 0 aliphatic carbocycles. The van der Waals surface area contributed by atoms with Crippen molar-refractivity contribution in [2.75, 3.05) is 13.2 Å². The molecule has 1 heterocycles. The van der Waals surface area contributed by atoms with Gasteiger partial charge in [-0.2, -0.15) is 0 Å². The minimum absolute atomic E-state index is 0.830. The van der Waals surface area contributed by atoms with E-state index in [1.54, 1.807) is 0 Å². The summed E-state index contributed by atoms with van der Waals surface area (Å²) in [4.78, 5) is 0. The highest BCUT2D eigenvalue weighted by molar-refractivity contribution is 6.44. The number of hydrogen-bond donors (Lipinski definition) is 0. The summed E-state index contributed by atoms with van der Waals surface area (Å²) in [6, 6.07) is 0. The quantitative estimate of drug-likeness (QED) is 0.544. The first-order valence-electron chi connectivity index (χ1n) is 3.66. The molecule has 0 bridgehead atoms. The van der Waals surface area contributed by atoms with Crippen LogP contribution in [-0.2, 0) is 7.58 Å². The average Bonchev–Trinajstić information content (AvgIpc) is 1.91. The molecule has 0 unspecified atom stereocenters. The maximum atomic E-state index is 5.44. The van der Waals surface area contributed by atoms with Crippen LogP contribution < -0.4 is 0 Å². The van der Waals surface area contributed by atoms with Gasteiger partial charge >= 0.3 is 14.8 Å². The van der Waals surface area contributed by atoms with Crippen LogP contribution in [0.1, 0.15) is 19.8 Å². The summed E-state index contributed by atoms with van der Waals surface area (Å²) in [7, 11) is 0. The first kappa shape index (κ1) is 7.56. The van der Waals surface area contributed by atoms with E-state index in [0.717, 1.165) is 13.2 Å². The molecular formula is C6H13AlO2. The highest BCUT2D eigenvalue weighted by Gasteiger charge is 2.26. The van der Waals surface area contributed by atoms with Crippen LogP contribution >= 0.6 is 0 Å². The van der Waals surface area contributed by atoms with Crippen LogP contribution in [0.25, 0.3) is 0 Å². The van der Waals surface area contributed by atoms with Gasteiger partial charge in [-0.25, -0.2) is 0 Å². The van der Waals surface area contributed by atoms with E-state index in [4.69, 9.17) is 7.58 Å². The fourth-order valence-electron chi connectivity index (χ4n) is 1.03. The lowest BCUT2D eigenvalue weighted by atomic mass is 10.4. The molecule has 0 aromatic heterocycles. The van der Waals surface area contributed by atoms with Crippen molar-refractivity contribution < 1.29 is 7.58 Å². The maximum Gasteiger partial charge on any atom is 0.674 e. The van der Waals surface area contributed by atoms with Crippen molar-refractivity contribution in [2.24, 2.45) is 0 Å². The summed E-state index contributed by atoms with van der Waals surface area (Å²) in [5, 5.41) is 1.22. The Hall–Kier alpha value is 0.452. The van der Waals surface area contributed by atoms with Crippen LogP contribution in [0.3, 0.4) is 0 Å². The third-order valence-corrected chi connectivity index (χ3v) is 3.68. The predicted octanol–water partition coefficient (Wildman–Crippen LogP) is 1.32. The number of hydrogen-bond acceptors (Lipinski definition) is 2. The van der Waals surface area contributed by atoms with Crippen LogP contribution in [0, 0.1) is 0 Å². The Morgan fingerprint density at radius 1 is 1.56 bits per heavy atom. The van der Waals surface area contributed by atoms with Gasteiger partial charge in [0.2, 0.25) is 0 Å². The van der Waals surface area contributed by atoms with E-state index in [0.29, 0.717) is 0 Å².